The minimum atomic E-state index is -1.32. The van der Waals surface area contributed by atoms with Crippen LogP contribution in [0.25, 0.3) is 0 Å². The Balaban J connectivity index is 2.10. The van der Waals surface area contributed by atoms with Crippen LogP contribution in [0, 0.1) is 0 Å². The van der Waals surface area contributed by atoms with E-state index in [1.165, 1.54) is 0 Å². The average molecular weight is 372 g/mol. The zero-order valence-electron chi connectivity index (χ0n) is 15.9. The average Bonchev–Trinajstić information content (AvgIpc) is 2.60. The molecule has 0 radical (unpaired) electrons. The second kappa shape index (κ2) is 9.39. The van der Waals surface area contributed by atoms with E-state index in [0.29, 0.717) is 5.69 Å². The molecular weight excluding hydrogens is 344 g/mol. The number of para-hydroxylation sites is 1. The summed E-state index contributed by atoms with van der Waals surface area (Å²) in [6.45, 7) is 5.51. The first-order chi connectivity index (χ1) is 12.7. The Morgan fingerprint density at radius 2 is 1.56 bits per heavy atom. The van der Waals surface area contributed by atoms with E-state index in [4.69, 9.17) is 4.74 Å². The molecule has 146 valence electrons. The number of alkyl carbamates (subject to hydrolysis) is 1. The summed E-state index contributed by atoms with van der Waals surface area (Å²) < 4.78 is 5.45. The van der Waals surface area contributed by atoms with Crippen LogP contribution in [0.3, 0.4) is 0 Å². The van der Waals surface area contributed by atoms with Crippen molar-refractivity contribution < 1.29 is 19.7 Å². The standard InChI is InChI=1S/C21H28N2O4/c1-21(2,3)23-20(26)27-17(14-15-10-6-4-7-11-15)18(24)19(25)22-16-12-8-5-9-13-16/h4-13,17-19,22,24-25H,14H2,1-3H3,(H,23,26)/t17-,18-,19-/m0/s1. The Morgan fingerprint density at radius 1 is 1.00 bits per heavy atom. The van der Waals surface area contributed by atoms with E-state index in [9.17, 15) is 15.0 Å². The summed E-state index contributed by atoms with van der Waals surface area (Å²) >= 11 is 0. The van der Waals surface area contributed by atoms with Crippen molar-refractivity contribution in [2.75, 3.05) is 5.32 Å². The minimum absolute atomic E-state index is 0.271. The third-order valence-electron chi connectivity index (χ3n) is 3.81. The second-order valence-corrected chi connectivity index (χ2v) is 7.45. The number of carbonyl (C=O) groups is 1. The molecule has 0 unspecified atom stereocenters. The number of amides is 1. The number of nitrogens with one attached hydrogen (secondary N) is 2. The van der Waals surface area contributed by atoms with Crippen molar-refractivity contribution in [1.82, 2.24) is 5.32 Å². The summed E-state index contributed by atoms with van der Waals surface area (Å²) in [6.07, 6.45) is -3.93. The number of aliphatic hydroxyl groups is 2. The largest absolute Gasteiger partial charge is 0.443 e. The van der Waals surface area contributed by atoms with Gasteiger partial charge in [-0.25, -0.2) is 4.79 Å². The summed E-state index contributed by atoms with van der Waals surface area (Å²) in [7, 11) is 0. The number of hydrogen-bond donors (Lipinski definition) is 4. The van der Waals surface area contributed by atoms with Crippen LogP contribution >= 0.6 is 0 Å². The summed E-state index contributed by atoms with van der Waals surface area (Å²) in [4.78, 5) is 12.2. The van der Waals surface area contributed by atoms with Crippen LogP contribution in [0.15, 0.2) is 60.7 Å². The molecule has 0 heterocycles. The Hall–Kier alpha value is -2.57. The van der Waals surface area contributed by atoms with Crippen LogP contribution in [-0.2, 0) is 11.2 Å². The maximum absolute atomic E-state index is 12.2. The first-order valence-electron chi connectivity index (χ1n) is 8.95. The number of carbonyl (C=O) groups excluding carboxylic acids is 1. The molecule has 1 amide bonds. The van der Waals surface area contributed by atoms with Gasteiger partial charge in [0, 0.05) is 17.6 Å². The Labute approximate surface area is 160 Å². The topological polar surface area (TPSA) is 90.8 Å². The van der Waals surface area contributed by atoms with Gasteiger partial charge in [0.15, 0.2) is 6.23 Å². The third kappa shape index (κ3) is 7.29. The van der Waals surface area contributed by atoms with E-state index in [-0.39, 0.29) is 6.42 Å². The SMILES string of the molecule is CC(C)(C)NC(=O)O[C@@H](Cc1ccccc1)[C@H](O)[C@H](O)Nc1ccccc1. The highest BCUT2D eigenvalue weighted by atomic mass is 16.6. The Bertz CT molecular complexity index is 701. The molecule has 0 fully saturated rings. The minimum Gasteiger partial charge on any atom is -0.443 e. The van der Waals surface area contributed by atoms with Crippen molar-refractivity contribution >= 4 is 11.8 Å². The molecule has 0 bridgehead atoms. The van der Waals surface area contributed by atoms with Crippen LogP contribution in [0.2, 0.25) is 0 Å². The zero-order chi connectivity index (χ0) is 19.9. The maximum Gasteiger partial charge on any atom is 0.407 e. The molecule has 0 spiro atoms. The van der Waals surface area contributed by atoms with Gasteiger partial charge in [0.2, 0.25) is 0 Å². The lowest BCUT2D eigenvalue weighted by Crippen LogP contribution is -2.48. The molecule has 4 N–H and O–H groups in total. The van der Waals surface area contributed by atoms with Crippen LogP contribution < -0.4 is 10.6 Å². The molecule has 0 aliphatic rings. The van der Waals surface area contributed by atoms with Crippen molar-refractivity contribution in [3.05, 3.63) is 66.2 Å². The predicted molar refractivity (Wildman–Crippen MR) is 105 cm³/mol. The Morgan fingerprint density at radius 3 is 2.11 bits per heavy atom. The summed E-state index contributed by atoms with van der Waals surface area (Å²) in [5.41, 5.74) is 1.07. The molecule has 2 aromatic carbocycles. The highest BCUT2D eigenvalue weighted by molar-refractivity contribution is 5.68. The van der Waals surface area contributed by atoms with E-state index in [0.717, 1.165) is 5.56 Å². The normalized spacial score (nSPS) is 14.7. The predicted octanol–water partition coefficient (Wildman–Crippen LogP) is 2.91. The quantitative estimate of drug-likeness (QED) is 0.561. The van der Waals surface area contributed by atoms with Gasteiger partial charge in [-0.3, -0.25) is 0 Å². The number of ether oxygens (including phenoxy) is 1. The van der Waals surface area contributed by atoms with E-state index in [2.05, 4.69) is 10.6 Å². The lowest BCUT2D eigenvalue weighted by Gasteiger charge is -2.29. The molecule has 6 nitrogen and oxygen atoms in total. The molecule has 0 saturated heterocycles. The van der Waals surface area contributed by atoms with Gasteiger partial charge in [-0.15, -0.1) is 0 Å². The first kappa shape index (κ1) is 20.7. The number of rotatable bonds is 7. The molecule has 0 saturated carbocycles. The number of anilines is 1. The molecule has 27 heavy (non-hydrogen) atoms. The fraction of sp³-hybridized carbons (Fsp3) is 0.381. The summed E-state index contributed by atoms with van der Waals surface area (Å²) in [6, 6.07) is 18.4. The third-order valence-corrected chi connectivity index (χ3v) is 3.81. The van der Waals surface area contributed by atoms with E-state index < -0.39 is 30.1 Å². The van der Waals surface area contributed by atoms with Crippen molar-refractivity contribution in [3.8, 4) is 0 Å². The fourth-order valence-electron chi connectivity index (χ4n) is 2.55. The second-order valence-electron chi connectivity index (χ2n) is 7.45. The molecular formula is C21H28N2O4. The first-order valence-corrected chi connectivity index (χ1v) is 8.95. The summed E-state index contributed by atoms with van der Waals surface area (Å²) in [5.74, 6) is 0. The highest BCUT2D eigenvalue weighted by Crippen LogP contribution is 2.16. The smallest absolute Gasteiger partial charge is 0.407 e. The van der Waals surface area contributed by atoms with Gasteiger partial charge >= 0.3 is 6.09 Å². The van der Waals surface area contributed by atoms with Gasteiger partial charge in [-0.1, -0.05) is 48.5 Å². The molecule has 2 aromatic rings. The van der Waals surface area contributed by atoms with Gasteiger partial charge in [-0.2, -0.15) is 0 Å². The van der Waals surface area contributed by atoms with Crippen molar-refractivity contribution in [2.24, 2.45) is 0 Å². The lowest BCUT2D eigenvalue weighted by molar-refractivity contribution is -0.0543. The van der Waals surface area contributed by atoms with Gasteiger partial charge < -0.3 is 25.6 Å². The molecule has 0 aliphatic carbocycles. The highest BCUT2D eigenvalue weighted by Gasteiger charge is 2.31. The van der Waals surface area contributed by atoms with Gasteiger partial charge in [0.25, 0.3) is 0 Å². The fourth-order valence-corrected chi connectivity index (χ4v) is 2.55. The van der Waals surface area contributed by atoms with Gasteiger partial charge in [0.05, 0.1) is 0 Å². The monoisotopic (exact) mass is 372 g/mol. The van der Waals surface area contributed by atoms with E-state index >= 15 is 0 Å². The van der Waals surface area contributed by atoms with Crippen molar-refractivity contribution in [1.29, 1.82) is 0 Å². The van der Waals surface area contributed by atoms with Crippen LogP contribution in [-0.4, -0.2) is 40.3 Å². The molecule has 0 aliphatic heterocycles. The van der Waals surface area contributed by atoms with E-state index in [1.54, 1.807) is 12.1 Å². The number of aliphatic hydroxyl groups excluding tert-OH is 2. The van der Waals surface area contributed by atoms with Crippen LogP contribution in [0.1, 0.15) is 26.3 Å². The zero-order valence-corrected chi connectivity index (χ0v) is 15.9. The number of benzene rings is 2. The molecule has 2 rings (SSSR count). The lowest BCUT2D eigenvalue weighted by atomic mass is 10.0. The summed E-state index contributed by atoms with van der Waals surface area (Å²) in [5, 5.41) is 26.5. The maximum atomic E-state index is 12.2. The van der Waals surface area contributed by atoms with E-state index in [1.807, 2.05) is 69.3 Å². The Kier molecular flexibility index (Phi) is 7.21. The van der Waals surface area contributed by atoms with Crippen molar-refractivity contribution in [2.45, 2.75) is 51.2 Å². The molecule has 0 aromatic heterocycles. The number of hydrogen-bond acceptors (Lipinski definition) is 5. The van der Waals surface area contributed by atoms with Gasteiger partial charge in [-0.05, 0) is 38.5 Å². The van der Waals surface area contributed by atoms with Crippen LogP contribution in [0.5, 0.6) is 0 Å². The molecule has 6 heteroatoms. The molecule has 3 atom stereocenters. The van der Waals surface area contributed by atoms with Crippen molar-refractivity contribution in [3.63, 3.8) is 0 Å². The van der Waals surface area contributed by atoms with Gasteiger partial charge in [0.1, 0.15) is 12.2 Å². The van der Waals surface area contributed by atoms with Crippen LogP contribution in [0.4, 0.5) is 10.5 Å².